The molecule has 1 aliphatic rings. The molecule has 4 aromatic carbocycles. The van der Waals surface area contributed by atoms with Crippen LogP contribution in [0.1, 0.15) is 40.7 Å². The Hall–Kier alpha value is -3.32. The third kappa shape index (κ3) is 6.83. The fourth-order valence-electron chi connectivity index (χ4n) is 6.22. The summed E-state index contributed by atoms with van der Waals surface area (Å²) in [6.07, 6.45) is -0.859. The van der Waals surface area contributed by atoms with Crippen LogP contribution in [0.4, 0.5) is 0 Å². The molecular weight excluding hydrogens is 522 g/mol. The van der Waals surface area contributed by atoms with Crippen LogP contribution in [0.15, 0.2) is 115 Å². The van der Waals surface area contributed by atoms with Crippen molar-refractivity contribution in [2.24, 2.45) is 5.92 Å². The summed E-state index contributed by atoms with van der Waals surface area (Å²) in [4.78, 5) is 2.17. The summed E-state index contributed by atoms with van der Waals surface area (Å²) in [5.41, 5.74) is 4.48. The summed E-state index contributed by atoms with van der Waals surface area (Å²) in [5, 5.41) is 11.5. The van der Waals surface area contributed by atoms with E-state index in [0.717, 1.165) is 27.8 Å². The van der Waals surface area contributed by atoms with Crippen LogP contribution in [-0.4, -0.2) is 62.7 Å². The molecule has 0 aliphatic carbocycles. The van der Waals surface area contributed by atoms with E-state index in [1.54, 1.807) is 7.11 Å². The molecule has 1 unspecified atom stereocenters. The maximum absolute atomic E-state index is 11.5. The largest absolute Gasteiger partial charge is 0.391 e. The highest BCUT2D eigenvalue weighted by atomic mass is 16.5. The molecule has 0 bridgehead atoms. The van der Waals surface area contributed by atoms with Crippen LogP contribution < -0.4 is 0 Å². The highest BCUT2D eigenvalue weighted by Gasteiger charge is 2.45. The van der Waals surface area contributed by atoms with Crippen LogP contribution in [0.3, 0.4) is 0 Å². The van der Waals surface area contributed by atoms with E-state index in [1.807, 2.05) is 18.2 Å². The Kier molecular flexibility index (Phi) is 10.2. The van der Waals surface area contributed by atoms with Gasteiger partial charge >= 0.3 is 0 Å². The van der Waals surface area contributed by atoms with Gasteiger partial charge in [0.05, 0.1) is 32.0 Å². The normalized spacial score (nSPS) is 20.3. The number of methoxy groups -OCH3 is 1. The third-order valence-electron chi connectivity index (χ3n) is 8.16. The van der Waals surface area contributed by atoms with E-state index in [0.29, 0.717) is 38.8 Å². The van der Waals surface area contributed by atoms with Crippen molar-refractivity contribution >= 4 is 0 Å². The van der Waals surface area contributed by atoms with Crippen molar-refractivity contribution in [1.82, 2.24) is 4.90 Å². The number of hydrogen-bond acceptors (Lipinski definition) is 5. The summed E-state index contributed by atoms with van der Waals surface area (Å²) in [5.74, 6) is 0.147. The highest BCUT2D eigenvalue weighted by molar-refractivity contribution is 5.47. The Bertz CT molecular complexity index is 1250. The van der Waals surface area contributed by atoms with Crippen LogP contribution in [0.25, 0.3) is 0 Å². The van der Waals surface area contributed by atoms with Gasteiger partial charge in [0.15, 0.2) is 0 Å². The number of nitrogens with zero attached hydrogens (tertiary/aromatic N) is 1. The minimum Gasteiger partial charge on any atom is -0.391 e. The summed E-state index contributed by atoms with van der Waals surface area (Å²) in [6, 6.07) is 39.8. The van der Waals surface area contributed by atoms with Gasteiger partial charge in [0.25, 0.3) is 0 Å². The van der Waals surface area contributed by atoms with E-state index in [-0.39, 0.29) is 12.0 Å². The predicted molar refractivity (Wildman–Crippen MR) is 167 cm³/mol. The van der Waals surface area contributed by atoms with E-state index in [9.17, 15) is 5.11 Å². The van der Waals surface area contributed by atoms with Gasteiger partial charge in [0.2, 0.25) is 0 Å². The Balaban J connectivity index is 1.50. The van der Waals surface area contributed by atoms with E-state index < -0.39 is 11.7 Å². The second kappa shape index (κ2) is 14.2. The molecule has 0 amide bonds. The first kappa shape index (κ1) is 30.1. The van der Waals surface area contributed by atoms with Crippen LogP contribution in [0.2, 0.25) is 0 Å². The zero-order valence-electron chi connectivity index (χ0n) is 24.9. The number of aliphatic hydroxyl groups excluding tert-OH is 1. The molecule has 5 rings (SSSR count). The van der Waals surface area contributed by atoms with Gasteiger partial charge in [-0.1, -0.05) is 122 Å². The molecule has 0 radical (unpaired) electrons. The number of β-amino-alcohol motifs (C(OH)–C–C–N with tert-alkyl or cyclic N) is 1. The summed E-state index contributed by atoms with van der Waals surface area (Å²) in [7, 11) is 3.77. The summed E-state index contributed by atoms with van der Waals surface area (Å²) in [6.45, 7) is 5.28. The Labute approximate surface area is 250 Å². The predicted octanol–water partition coefficient (Wildman–Crippen LogP) is 6.25. The van der Waals surface area contributed by atoms with E-state index >= 15 is 0 Å². The van der Waals surface area contributed by atoms with Crippen molar-refractivity contribution in [3.63, 3.8) is 0 Å². The molecule has 0 spiro atoms. The number of rotatable bonds is 12. The molecule has 4 atom stereocenters. The fraction of sp³-hybridized carbons (Fsp3) is 0.351. The molecule has 42 heavy (non-hydrogen) atoms. The lowest BCUT2D eigenvalue weighted by molar-refractivity contribution is -0.112. The standard InChI is InChI=1S/C37H43NO4/c1-28(25-40-3)26-41-27-29-19-21-30(22-20-29)36-34(39)23-38(2)24-35(36)42-37(31-13-7-4-8-14-31,32-15-9-5-10-16-32)33-17-11-6-12-18-33/h4-22,28,34-36,39H,23-27H2,1-3H3/t28?,34-,35+,36+/m0/s1. The smallest absolute Gasteiger partial charge is 0.144 e. The van der Waals surface area contributed by atoms with Crippen molar-refractivity contribution in [3.05, 3.63) is 143 Å². The van der Waals surface area contributed by atoms with Crippen molar-refractivity contribution in [2.45, 2.75) is 37.3 Å². The lowest BCUT2D eigenvalue weighted by Crippen LogP contribution is -2.53. The second-order valence-electron chi connectivity index (χ2n) is 11.6. The number of benzene rings is 4. The number of likely N-dealkylation sites (tertiary alicyclic amines) is 1. The van der Waals surface area contributed by atoms with Gasteiger partial charge in [-0.25, -0.2) is 0 Å². The zero-order chi connectivity index (χ0) is 29.4. The lowest BCUT2D eigenvalue weighted by atomic mass is 9.78. The minimum atomic E-state index is -0.864. The molecule has 5 heteroatoms. The molecule has 1 saturated heterocycles. The number of aliphatic hydroxyl groups is 1. The Morgan fingerprint density at radius 1 is 0.762 bits per heavy atom. The van der Waals surface area contributed by atoms with E-state index in [2.05, 4.69) is 116 Å². The molecule has 0 saturated carbocycles. The topological polar surface area (TPSA) is 51.2 Å². The Morgan fingerprint density at radius 2 is 1.29 bits per heavy atom. The molecule has 4 aromatic rings. The highest BCUT2D eigenvalue weighted by Crippen LogP contribution is 2.44. The molecular formula is C37H43NO4. The monoisotopic (exact) mass is 565 g/mol. The molecule has 0 aromatic heterocycles. The zero-order valence-corrected chi connectivity index (χ0v) is 24.9. The van der Waals surface area contributed by atoms with Gasteiger partial charge in [-0.15, -0.1) is 0 Å². The quantitative estimate of drug-likeness (QED) is 0.206. The van der Waals surface area contributed by atoms with E-state index in [4.69, 9.17) is 14.2 Å². The fourth-order valence-corrected chi connectivity index (χ4v) is 6.22. The SMILES string of the molecule is COCC(C)COCc1ccc([C@@H]2[C@@H](O)CN(C)C[C@H]2OC(c2ccccc2)(c2ccccc2)c2ccccc2)cc1. The number of piperidine rings is 1. The van der Waals surface area contributed by atoms with Crippen LogP contribution in [0.5, 0.6) is 0 Å². The average molecular weight is 566 g/mol. The van der Waals surface area contributed by atoms with Crippen molar-refractivity contribution in [3.8, 4) is 0 Å². The summed E-state index contributed by atoms with van der Waals surface area (Å²) < 4.78 is 18.6. The maximum Gasteiger partial charge on any atom is 0.144 e. The van der Waals surface area contributed by atoms with Crippen LogP contribution in [0, 0.1) is 5.92 Å². The van der Waals surface area contributed by atoms with Gasteiger partial charge in [0, 0.05) is 32.0 Å². The van der Waals surface area contributed by atoms with E-state index in [1.165, 1.54) is 0 Å². The van der Waals surface area contributed by atoms with Crippen molar-refractivity contribution in [1.29, 1.82) is 0 Å². The van der Waals surface area contributed by atoms with Gasteiger partial charge in [-0.3, -0.25) is 0 Å². The Morgan fingerprint density at radius 3 is 1.79 bits per heavy atom. The molecule has 1 fully saturated rings. The lowest BCUT2D eigenvalue weighted by Gasteiger charge is -2.46. The first-order valence-electron chi connectivity index (χ1n) is 14.9. The van der Waals surface area contributed by atoms with Gasteiger partial charge < -0.3 is 24.2 Å². The van der Waals surface area contributed by atoms with Gasteiger partial charge in [-0.2, -0.15) is 0 Å². The van der Waals surface area contributed by atoms with Crippen molar-refractivity contribution in [2.75, 3.05) is 40.5 Å². The number of ether oxygens (including phenoxy) is 3. The molecule has 5 nitrogen and oxygen atoms in total. The molecule has 1 aliphatic heterocycles. The third-order valence-corrected chi connectivity index (χ3v) is 8.16. The average Bonchev–Trinajstić information content (AvgIpc) is 3.02. The van der Waals surface area contributed by atoms with Gasteiger partial charge in [-0.05, 0) is 34.9 Å². The van der Waals surface area contributed by atoms with Crippen LogP contribution in [-0.2, 0) is 26.4 Å². The second-order valence-corrected chi connectivity index (χ2v) is 11.6. The summed E-state index contributed by atoms with van der Waals surface area (Å²) >= 11 is 0. The number of hydrogen-bond donors (Lipinski definition) is 1. The van der Waals surface area contributed by atoms with Gasteiger partial charge in [0.1, 0.15) is 5.60 Å². The van der Waals surface area contributed by atoms with Crippen molar-refractivity contribution < 1.29 is 19.3 Å². The molecule has 1 N–H and O–H groups in total. The van der Waals surface area contributed by atoms with Crippen LogP contribution >= 0.6 is 0 Å². The number of likely N-dealkylation sites (N-methyl/N-ethyl adjacent to an activating group) is 1. The first-order valence-corrected chi connectivity index (χ1v) is 14.9. The maximum atomic E-state index is 11.5. The molecule has 220 valence electrons. The minimum absolute atomic E-state index is 0.201. The molecule has 1 heterocycles. The first-order chi connectivity index (χ1) is 20.5.